The zero-order chi connectivity index (χ0) is 33.3. The van der Waals surface area contributed by atoms with Crippen molar-refractivity contribution in [3.8, 4) is 33.6 Å². The van der Waals surface area contributed by atoms with Crippen LogP contribution in [-0.4, -0.2) is 19.1 Å². The van der Waals surface area contributed by atoms with Gasteiger partial charge in [-0.15, -0.1) is 0 Å². The number of nitrogens with zero attached hydrogens (tertiary/aromatic N) is 4. The summed E-state index contributed by atoms with van der Waals surface area (Å²) in [6.07, 6.45) is 0. The van der Waals surface area contributed by atoms with Gasteiger partial charge in [0.1, 0.15) is 11.6 Å². The Balaban J connectivity index is 1.32. The zero-order valence-corrected chi connectivity index (χ0v) is 27.8. The highest BCUT2D eigenvalue weighted by Gasteiger charge is 2.20. The summed E-state index contributed by atoms with van der Waals surface area (Å²) in [7, 11) is 0. The van der Waals surface area contributed by atoms with E-state index in [4.69, 9.17) is 9.97 Å². The van der Waals surface area contributed by atoms with E-state index in [1.807, 2.05) is 0 Å². The Kier molecular flexibility index (Phi) is 6.27. The first-order valence-corrected chi connectivity index (χ1v) is 17.1. The van der Waals surface area contributed by atoms with Gasteiger partial charge in [0, 0.05) is 10.8 Å². The Morgan fingerprint density at radius 2 is 0.960 bits per heavy atom. The van der Waals surface area contributed by atoms with Crippen molar-refractivity contribution in [1.29, 1.82) is 0 Å². The van der Waals surface area contributed by atoms with Gasteiger partial charge in [-0.05, 0) is 106 Å². The predicted molar refractivity (Wildman–Crippen MR) is 209 cm³/mol. The number of imidazole rings is 2. The fourth-order valence-corrected chi connectivity index (χ4v) is 8.05. The number of benzene rings is 8. The van der Waals surface area contributed by atoms with Crippen LogP contribution in [0.4, 0.5) is 0 Å². The molecule has 236 valence electrons. The fraction of sp³-hybridized carbons (Fsp3) is 0.0435. The zero-order valence-electron chi connectivity index (χ0n) is 27.8. The van der Waals surface area contributed by atoms with Crippen molar-refractivity contribution in [1.82, 2.24) is 19.1 Å². The Morgan fingerprint density at radius 3 is 1.58 bits per heavy atom. The molecule has 4 nitrogen and oxygen atoms in total. The van der Waals surface area contributed by atoms with E-state index in [1.54, 1.807) is 0 Å². The van der Waals surface area contributed by atoms with E-state index < -0.39 is 0 Å². The van der Waals surface area contributed by atoms with Gasteiger partial charge in [-0.2, -0.15) is 0 Å². The maximum absolute atomic E-state index is 4.96. The van der Waals surface area contributed by atoms with Gasteiger partial charge in [-0.25, -0.2) is 9.97 Å². The maximum atomic E-state index is 4.96. The van der Waals surface area contributed by atoms with Crippen LogP contribution in [0.2, 0.25) is 0 Å². The standard InChI is InChI=1S/C46H32N4/c1-29-47-40-19-6-8-21-44(40)49(29)42-23-11-17-36-38(42)28-39-37(18-12-24-43(39)50-30(2)48-41-20-7-9-22-45(41)50)46(36)33-25-26-35-32(27-33)15-10-16-34(35)31-13-4-3-5-14-31/h3-28H,1-2H3. The number of hydrogen-bond acceptors (Lipinski definition) is 2. The highest BCUT2D eigenvalue weighted by molar-refractivity contribution is 6.17. The van der Waals surface area contributed by atoms with Gasteiger partial charge in [-0.1, -0.05) is 109 Å². The van der Waals surface area contributed by atoms with Crippen LogP contribution in [0.15, 0.2) is 158 Å². The van der Waals surface area contributed by atoms with Gasteiger partial charge in [0.2, 0.25) is 0 Å². The number of para-hydroxylation sites is 4. The number of hydrogen-bond donors (Lipinski definition) is 0. The first-order valence-electron chi connectivity index (χ1n) is 17.1. The van der Waals surface area contributed by atoms with E-state index >= 15 is 0 Å². The highest BCUT2D eigenvalue weighted by atomic mass is 15.1. The molecule has 0 fully saturated rings. The molecule has 2 heterocycles. The summed E-state index contributed by atoms with van der Waals surface area (Å²) in [6, 6.07) is 56.8. The van der Waals surface area contributed by atoms with Crippen LogP contribution >= 0.6 is 0 Å². The average Bonchev–Trinajstić information content (AvgIpc) is 3.68. The van der Waals surface area contributed by atoms with Gasteiger partial charge in [0.15, 0.2) is 0 Å². The topological polar surface area (TPSA) is 35.6 Å². The minimum Gasteiger partial charge on any atom is -0.296 e. The molecule has 0 amide bonds. The third-order valence-corrected chi connectivity index (χ3v) is 10.2. The summed E-state index contributed by atoms with van der Waals surface area (Å²) >= 11 is 0. The van der Waals surface area contributed by atoms with Crippen molar-refractivity contribution in [3.63, 3.8) is 0 Å². The minimum atomic E-state index is 0.962. The van der Waals surface area contributed by atoms with E-state index in [9.17, 15) is 0 Å². The molecule has 0 N–H and O–H groups in total. The number of fused-ring (bicyclic) bond motifs is 5. The number of aryl methyl sites for hydroxylation is 2. The molecule has 0 saturated heterocycles. The lowest BCUT2D eigenvalue weighted by Gasteiger charge is -2.19. The monoisotopic (exact) mass is 640 g/mol. The van der Waals surface area contributed by atoms with Crippen LogP contribution in [0, 0.1) is 13.8 Å². The molecule has 0 atom stereocenters. The van der Waals surface area contributed by atoms with E-state index in [0.29, 0.717) is 0 Å². The first-order chi connectivity index (χ1) is 24.6. The molecule has 8 aromatic carbocycles. The van der Waals surface area contributed by atoms with E-state index in [0.717, 1.165) is 45.1 Å². The maximum Gasteiger partial charge on any atom is 0.111 e. The molecular formula is C46H32N4. The van der Waals surface area contributed by atoms with Gasteiger partial charge in [0.05, 0.1) is 33.4 Å². The van der Waals surface area contributed by atoms with Crippen LogP contribution in [0.25, 0.3) is 88.0 Å². The Morgan fingerprint density at radius 1 is 0.400 bits per heavy atom. The summed E-state index contributed by atoms with van der Waals surface area (Å²) in [5.41, 5.74) is 11.3. The second kappa shape index (κ2) is 11.0. The van der Waals surface area contributed by atoms with E-state index in [1.165, 1.54) is 54.6 Å². The van der Waals surface area contributed by atoms with Crippen LogP contribution in [-0.2, 0) is 0 Å². The molecule has 0 unspecified atom stereocenters. The van der Waals surface area contributed by atoms with Crippen molar-refractivity contribution >= 4 is 54.4 Å². The summed E-state index contributed by atoms with van der Waals surface area (Å²) in [4.78, 5) is 9.92. The molecule has 0 radical (unpaired) electrons. The van der Waals surface area contributed by atoms with Crippen LogP contribution in [0.5, 0.6) is 0 Å². The van der Waals surface area contributed by atoms with Crippen LogP contribution in [0.1, 0.15) is 11.6 Å². The van der Waals surface area contributed by atoms with Crippen molar-refractivity contribution in [2.45, 2.75) is 13.8 Å². The molecule has 0 aliphatic heterocycles. The normalized spacial score (nSPS) is 11.8. The predicted octanol–water partition coefficient (Wildman–Crippen LogP) is 11.8. The van der Waals surface area contributed by atoms with Crippen LogP contribution in [0.3, 0.4) is 0 Å². The summed E-state index contributed by atoms with van der Waals surface area (Å²) in [5.74, 6) is 1.92. The number of rotatable bonds is 4. The van der Waals surface area contributed by atoms with Crippen molar-refractivity contribution in [2.75, 3.05) is 0 Å². The smallest absolute Gasteiger partial charge is 0.111 e. The molecule has 0 aliphatic carbocycles. The molecule has 0 bridgehead atoms. The summed E-state index contributed by atoms with van der Waals surface area (Å²) < 4.78 is 4.61. The Bertz CT molecular complexity index is 2810. The van der Waals surface area contributed by atoms with Gasteiger partial charge >= 0.3 is 0 Å². The van der Waals surface area contributed by atoms with E-state index in [-0.39, 0.29) is 0 Å². The van der Waals surface area contributed by atoms with Gasteiger partial charge < -0.3 is 0 Å². The molecule has 0 aliphatic rings. The molecule has 0 saturated carbocycles. The molecule has 10 aromatic rings. The SMILES string of the molecule is Cc1nc2ccccc2n1-c1cccc2c(-c3ccc4c(-c5ccccc5)cccc4c3)c3cccc(-n4c(C)nc5ccccc54)c3cc12. The third kappa shape index (κ3) is 4.25. The second-order valence-corrected chi connectivity index (χ2v) is 13.1. The lowest BCUT2D eigenvalue weighted by atomic mass is 9.89. The van der Waals surface area contributed by atoms with Crippen molar-refractivity contribution < 1.29 is 0 Å². The Labute approximate surface area is 289 Å². The first kappa shape index (κ1) is 28.5. The average molecular weight is 641 g/mol. The molecule has 2 aromatic heterocycles. The largest absolute Gasteiger partial charge is 0.296 e. The van der Waals surface area contributed by atoms with Crippen molar-refractivity contribution in [3.05, 3.63) is 169 Å². The second-order valence-electron chi connectivity index (χ2n) is 13.1. The number of aromatic nitrogens is 4. The lowest BCUT2D eigenvalue weighted by molar-refractivity contribution is 1.01. The van der Waals surface area contributed by atoms with Crippen LogP contribution < -0.4 is 0 Å². The highest BCUT2D eigenvalue weighted by Crippen LogP contribution is 2.43. The lowest BCUT2D eigenvalue weighted by Crippen LogP contribution is -2.01. The van der Waals surface area contributed by atoms with Gasteiger partial charge in [-0.3, -0.25) is 9.13 Å². The minimum absolute atomic E-state index is 0.962. The third-order valence-electron chi connectivity index (χ3n) is 10.2. The quantitative estimate of drug-likeness (QED) is 0.179. The summed E-state index contributed by atoms with van der Waals surface area (Å²) in [5, 5.41) is 7.22. The fourth-order valence-electron chi connectivity index (χ4n) is 8.05. The Hall–Kier alpha value is -6.52. The molecule has 4 heteroatoms. The molecule has 0 spiro atoms. The van der Waals surface area contributed by atoms with Crippen molar-refractivity contribution in [2.24, 2.45) is 0 Å². The van der Waals surface area contributed by atoms with E-state index in [2.05, 4.69) is 181 Å². The molecular weight excluding hydrogens is 609 g/mol. The van der Waals surface area contributed by atoms with Gasteiger partial charge in [0.25, 0.3) is 0 Å². The molecule has 50 heavy (non-hydrogen) atoms. The summed E-state index contributed by atoms with van der Waals surface area (Å²) in [6.45, 7) is 4.20. The molecule has 10 rings (SSSR count).